The van der Waals surface area contributed by atoms with Crippen LogP contribution >= 0.6 is 0 Å². The lowest BCUT2D eigenvalue weighted by molar-refractivity contribution is 0.0603. The Morgan fingerprint density at radius 1 is 1.37 bits per heavy atom. The molecule has 0 bridgehead atoms. The van der Waals surface area contributed by atoms with Crippen LogP contribution in [0.15, 0.2) is 18.2 Å². The van der Waals surface area contributed by atoms with Gasteiger partial charge in [0.15, 0.2) is 0 Å². The van der Waals surface area contributed by atoms with Gasteiger partial charge in [0.05, 0.1) is 18.2 Å². The number of hydrogen-bond acceptors (Lipinski definition) is 3. The maximum Gasteiger partial charge on any atom is 0.340 e. The Bertz CT molecular complexity index is 624. The first-order valence-electron chi connectivity index (χ1n) is 6.71. The highest BCUT2D eigenvalue weighted by Crippen LogP contribution is 2.39. The van der Waals surface area contributed by atoms with E-state index in [1.165, 1.54) is 20.0 Å². The summed E-state index contributed by atoms with van der Waals surface area (Å²) in [5.41, 5.74) is 2.28. The van der Waals surface area contributed by atoms with E-state index in [4.69, 9.17) is 4.74 Å². The molecule has 0 unspecified atom stereocenters. The molecule has 1 aliphatic carbocycles. The second-order valence-corrected chi connectivity index (χ2v) is 5.55. The molecule has 100 valence electrons. The fourth-order valence-electron chi connectivity index (χ4n) is 2.98. The van der Waals surface area contributed by atoms with Crippen molar-refractivity contribution in [2.24, 2.45) is 0 Å². The number of benzene rings is 1. The monoisotopic (exact) mass is 258 g/mol. The molecular formula is C15H18N2O2. The maximum absolute atomic E-state index is 11.8. The van der Waals surface area contributed by atoms with Gasteiger partial charge in [0.25, 0.3) is 0 Å². The van der Waals surface area contributed by atoms with Crippen molar-refractivity contribution < 1.29 is 9.53 Å². The third kappa shape index (κ3) is 1.91. The third-order valence-electron chi connectivity index (χ3n) is 4.20. The summed E-state index contributed by atoms with van der Waals surface area (Å²) in [5, 5.41) is 0. The minimum atomic E-state index is -0.333. The van der Waals surface area contributed by atoms with E-state index < -0.39 is 0 Å². The molecule has 1 fully saturated rings. The number of H-pyrrole nitrogens is 1. The second kappa shape index (κ2) is 4.37. The van der Waals surface area contributed by atoms with E-state index in [0.717, 1.165) is 29.7 Å². The van der Waals surface area contributed by atoms with Crippen molar-refractivity contribution in [3.05, 3.63) is 29.6 Å². The molecule has 0 spiro atoms. The molecule has 0 atom stereocenters. The summed E-state index contributed by atoms with van der Waals surface area (Å²) in [5.74, 6) is 0.663. The van der Waals surface area contributed by atoms with Crippen molar-refractivity contribution in [3.8, 4) is 0 Å². The Labute approximate surface area is 112 Å². The molecule has 3 rings (SSSR count). The average molecular weight is 258 g/mol. The number of ether oxygens (including phenoxy) is 1. The molecule has 4 nitrogen and oxygen atoms in total. The van der Waals surface area contributed by atoms with Crippen molar-refractivity contribution in [1.82, 2.24) is 9.97 Å². The normalized spacial score (nSPS) is 17.8. The van der Waals surface area contributed by atoms with Crippen LogP contribution in [0.1, 0.15) is 48.8 Å². The van der Waals surface area contributed by atoms with Gasteiger partial charge in [-0.15, -0.1) is 0 Å². The average Bonchev–Trinajstić information content (AvgIpc) is 3.04. The first-order valence-corrected chi connectivity index (χ1v) is 6.71. The van der Waals surface area contributed by atoms with Crippen LogP contribution in [0.3, 0.4) is 0 Å². The standard InChI is InChI=1S/C15H18N2O2/c1-15(8-3-4-9-15)14-16-11-7-5-6-10(12(11)17-14)13(18)19-2/h5-7H,3-4,8-9H2,1-2H3,(H,16,17). The van der Waals surface area contributed by atoms with Gasteiger partial charge >= 0.3 is 5.97 Å². The number of methoxy groups -OCH3 is 1. The topological polar surface area (TPSA) is 55.0 Å². The Morgan fingerprint density at radius 2 is 2.11 bits per heavy atom. The molecule has 1 aliphatic rings. The lowest BCUT2D eigenvalue weighted by Crippen LogP contribution is -2.18. The molecule has 2 aromatic rings. The van der Waals surface area contributed by atoms with E-state index in [1.54, 1.807) is 6.07 Å². The van der Waals surface area contributed by atoms with Gasteiger partial charge in [-0.05, 0) is 25.0 Å². The largest absolute Gasteiger partial charge is 0.465 e. The number of nitrogens with one attached hydrogen (secondary N) is 1. The number of fused-ring (bicyclic) bond motifs is 1. The van der Waals surface area contributed by atoms with E-state index in [-0.39, 0.29) is 11.4 Å². The van der Waals surface area contributed by atoms with E-state index >= 15 is 0 Å². The maximum atomic E-state index is 11.8. The predicted molar refractivity (Wildman–Crippen MR) is 73.3 cm³/mol. The van der Waals surface area contributed by atoms with Gasteiger partial charge in [-0.25, -0.2) is 9.78 Å². The van der Waals surface area contributed by atoms with Crippen LogP contribution in [0.5, 0.6) is 0 Å². The molecular weight excluding hydrogens is 240 g/mol. The Balaban J connectivity index is 2.13. The summed E-state index contributed by atoms with van der Waals surface area (Å²) in [4.78, 5) is 19.8. The summed E-state index contributed by atoms with van der Waals surface area (Å²) >= 11 is 0. The molecule has 0 amide bonds. The highest BCUT2D eigenvalue weighted by molar-refractivity contribution is 6.01. The van der Waals surface area contributed by atoms with Crippen LogP contribution in [0, 0.1) is 0 Å². The number of rotatable bonds is 2. The van der Waals surface area contributed by atoms with Crippen molar-refractivity contribution in [3.63, 3.8) is 0 Å². The molecule has 0 radical (unpaired) electrons. The van der Waals surface area contributed by atoms with Gasteiger partial charge in [0, 0.05) is 5.41 Å². The zero-order valence-electron chi connectivity index (χ0n) is 11.3. The number of nitrogens with zero attached hydrogens (tertiary/aromatic N) is 1. The smallest absolute Gasteiger partial charge is 0.340 e. The zero-order chi connectivity index (χ0) is 13.5. The number of esters is 1. The van der Waals surface area contributed by atoms with Crippen molar-refractivity contribution in [1.29, 1.82) is 0 Å². The second-order valence-electron chi connectivity index (χ2n) is 5.55. The van der Waals surface area contributed by atoms with Crippen molar-refractivity contribution >= 4 is 17.0 Å². The number of para-hydroxylation sites is 1. The fraction of sp³-hybridized carbons (Fsp3) is 0.467. The van der Waals surface area contributed by atoms with Crippen LogP contribution in [0.2, 0.25) is 0 Å². The highest BCUT2D eigenvalue weighted by Gasteiger charge is 2.33. The number of carbonyl (C=O) groups is 1. The van der Waals surface area contributed by atoms with Gasteiger partial charge in [-0.2, -0.15) is 0 Å². The summed E-state index contributed by atoms with van der Waals surface area (Å²) in [6.07, 6.45) is 4.80. The molecule has 0 saturated heterocycles. The van der Waals surface area contributed by atoms with Gasteiger partial charge in [0.2, 0.25) is 0 Å². The SMILES string of the molecule is COC(=O)c1cccc2[nH]c(C3(C)CCCC3)nc12. The quantitative estimate of drug-likeness (QED) is 0.842. The Morgan fingerprint density at radius 3 is 2.79 bits per heavy atom. The molecule has 1 aromatic carbocycles. The summed E-state index contributed by atoms with van der Waals surface area (Å²) in [7, 11) is 1.40. The third-order valence-corrected chi connectivity index (χ3v) is 4.20. The predicted octanol–water partition coefficient (Wildman–Crippen LogP) is 3.18. The van der Waals surface area contributed by atoms with Crippen LogP contribution in [-0.2, 0) is 10.2 Å². The van der Waals surface area contributed by atoms with Gasteiger partial charge in [-0.3, -0.25) is 0 Å². The lowest BCUT2D eigenvalue weighted by atomic mass is 9.88. The number of aromatic amines is 1. The molecule has 4 heteroatoms. The molecule has 1 heterocycles. The number of hydrogen-bond donors (Lipinski definition) is 1. The van der Waals surface area contributed by atoms with Gasteiger partial charge in [0.1, 0.15) is 11.3 Å². The Kier molecular flexibility index (Phi) is 2.81. The van der Waals surface area contributed by atoms with Crippen LogP contribution < -0.4 is 0 Å². The zero-order valence-corrected chi connectivity index (χ0v) is 11.3. The highest BCUT2D eigenvalue weighted by atomic mass is 16.5. The van der Waals surface area contributed by atoms with E-state index in [0.29, 0.717) is 5.56 Å². The number of carbonyl (C=O) groups excluding carboxylic acids is 1. The summed E-state index contributed by atoms with van der Waals surface area (Å²) in [6.45, 7) is 2.25. The van der Waals surface area contributed by atoms with Crippen molar-refractivity contribution in [2.75, 3.05) is 7.11 Å². The number of aromatic nitrogens is 2. The van der Waals surface area contributed by atoms with E-state index in [9.17, 15) is 4.79 Å². The van der Waals surface area contributed by atoms with Crippen LogP contribution in [0.4, 0.5) is 0 Å². The number of imidazole rings is 1. The fourth-order valence-corrected chi connectivity index (χ4v) is 2.98. The van der Waals surface area contributed by atoms with Crippen LogP contribution in [-0.4, -0.2) is 23.0 Å². The first kappa shape index (κ1) is 12.2. The van der Waals surface area contributed by atoms with Crippen LogP contribution in [0.25, 0.3) is 11.0 Å². The summed E-state index contributed by atoms with van der Waals surface area (Å²) < 4.78 is 4.81. The molecule has 0 aliphatic heterocycles. The van der Waals surface area contributed by atoms with Gasteiger partial charge in [-0.1, -0.05) is 25.8 Å². The molecule has 1 aromatic heterocycles. The minimum Gasteiger partial charge on any atom is -0.465 e. The van der Waals surface area contributed by atoms with Gasteiger partial charge < -0.3 is 9.72 Å². The first-order chi connectivity index (χ1) is 9.14. The lowest BCUT2D eigenvalue weighted by Gasteiger charge is -2.19. The Hall–Kier alpha value is -1.84. The summed E-state index contributed by atoms with van der Waals surface area (Å²) in [6, 6.07) is 5.57. The van der Waals surface area contributed by atoms with E-state index in [2.05, 4.69) is 16.9 Å². The minimum absolute atomic E-state index is 0.117. The molecule has 1 N–H and O–H groups in total. The van der Waals surface area contributed by atoms with E-state index in [1.807, 2.05) is 12.1 Å². The molecule has 1 saturated carbocycles. The van der Waals surface area contributed by atoms with Crippen molar-refractivity contribution in [2.45, 2.75) is 38.0 Å². The molecule has 19 heavy (non-hydrogen) atoms.